The highest BCUT2D eigenvalue weighted by molar-refractivity contribution is 5.94. The maximum absolute atomic E-state index is 13.1. The molecule has 8 heteroatoms. The van der Waals surface area contributed by atoms with Crippen LogP contribution in [0, 0.1) is 0 Å². The van der Waals surface area contributed by atoms with Gasteiger partial charge in [0.25, 0.3) is 12.3 Å². The zero-order valence-electron chi connectivity index (χ0n) is 16.3. The fraction of sp³-hybridized carbons (Fsp3) is 0.400. The number of ether oxygens (including phenoxy) is 2. The Balaban J connectivity index is 2.19. The van der Waals surface area contributed by atoms with Crippen molar-refractivity contribution < 1.29 is 23.0 Å². The Labute approximate surface area is 163 Å². The van der Waals surface area contributed by atoms with E-state index in [1.54, 1.807) is 18.1 Å². The molecule has 2 aromatic rings. The van der Waals surface area contributed by atoms with Gasteiger partial charge in [0.2, 0.25) is 5.88 Å². The van der Waals surface area contributed by atoms with Crippen LogP contribution in [-0.4, -0.2) is 68.0 Å². The lowest BCUT2D eigenvalue weighted by Crippen LogP contribution is -2.36. The number of nitrogens with zero attached hydrogens (tertiary/aromatic N) is 3. The summed E-state index contributed by atoms with van der Waals surface area (Å²) in [6.45, 7) is 0.798. The van der Waals surface area contributed by atoms with Crippen LogP contribution in [0.1, 0.15) is 15.9 Å². The minimum absolute atomic E-state index is 0.0000833. The number of alkyl halides is 2. The number of rotatable bonds is 10. The van der Waals surface area contributed by atoms with E-state index in [1.165, 1.54) is 12.3 Å². The Kier molecular flexibility index (Phi) is 8.13. The third-order valence-corrected chi connectivity index (χ3v) is 3.95. The molecular weight excluding hydrogens is 368 g/mol. The van der Waals surface area contributed by atoms with Gasteiger partial charge in [-0.1, -0.05) is 12.1 Å². The van der Waals surface area contributed by atoms with Gasteiger partial charge in [-0.05, 0) is 37.9 Å². The van der Waals surface area contributed by atoms with Crippen molar-refractivity contribution in [2.75, 3.05) is 40.9 Å². The Bertz CT molecular complexity index is 772. The van der Waals surface area contributed by atoms with Crippen LogP contribution in [0.5, 0.6) is 11.6 Å². The highest BCUT2D eigenvalue weighted by atomic mass is 19.3. The van der Waals surface area contributed by atoms with Gasteiger partial charge in [-0.2, -0.15) is 0 Å². The first-order valence-corrected chi connectivity index (χ1v) is 8.83. The van der Waals surface area contributed by atoms with E-state index in [9.17, 15) is 13.6 Å². The topological polar surface area (TPSA) is 54.9 Å². The van der Waals surface area contributed by atoms with Crippen molar-refractivity contribution >= 4 is 5.91 Å². The molecule has 0 radical (unpaired) electrons. The molecule has 2 rings (SSSR count). The molecule has 152 valence electrons. The van der Waals surface area contributed by atoms with Crippen molar-refractivity contribution in [1.29, 1.82) is 0 Å². The van der Waals surface area contributed by atoms with Crippen molar-refractivity contribution in [3.8, 4) is 11.6 Å². The highest BCUT2D eigenvalue weighted by Crippen LogP contribution is 2.17. The normalized spacial score (nSPS) is 11.0. The average Bonchev–Trinajstić information content (AvgIpc) is 2.69. The second kappa shape index (κ2) is 10.6. The number of carbonyl (C=O) groups excluding carboxylic acids is 1. The van der Waals surface area contributed by atoms with Gasteiger partial charge >= 0.3 is 0 Å². The van der Waals surface area contributed by atoms with E-state index in [0.717, 1.165) is 5.56 Å². The molecule has 1 aromatic heterocycles. The first-order chi connectivity index (χ1) is 13.4. The molecule has 6 nitrogen and oxygen atoms in total. The predicted octanol–water partition coefficient (Wildman–Crippen LogP) is 2.94. The summed E-state index contributed by atoms with van der Waals surface area (Å²) in [6.07, 6.45) is -1.23. The molecule has 0 unspecified atom stereocenters. The molecule has 0 bridgehead atoms. The monoisotopic (exact) mass is 393 g/mol. The molecule has 0 aliphatic rings. The molecule has 1 amide bonds. The van der Waals surface area contributed by atoms with Crippen molar-refractivity contribution in [3.63, 3.8) is 0 Å². The van der Waals surface area contributed by atoms with E-state index in [-0.39, 0.29) is 11.8 Å². The maximum atomic E-state index is 13.1. The SMILES string of the molecule is COc1cccc(CN(CCN(C)C)C(=O)c2ccnc(OCC(F)F)c2)c1. The lowest BCUT2D eigenvalue weighted by Gasteiger charge is -2.25. The molecule has 1 aromatic carbocycles. The van der Waals surface area contributed by atoms with Crippen LogP contribution in [0.25, 0.3) is 0 Å². The third kappa shape index (κ3) is 6.77. The van der Waals surface area contributed by atoms with Gasteiger partial charge in [-0.3, -0.25) is 4.79 Å². The summed E-state index contributed by atoms with van der Waals surface area (Å²) in [5.41, 5.74) is 1.26. The van der Waals surface area contributed by atoms with E-state index >= 15 is 0 Å². The van der Waals surface area contributed by atoms with Gasteiger partial charge < -0.3 is 19.3 Å². The van der Waals surface area contributed by atoms with E-state index in [0.29, 0.717) is 30.9 Å². The molecule has 0 aliphatic heterocycles. The third-order valence-electron chi connectivity index (χ3n) is 3.95. The number of benzene rings is 1. The number of halogens is 2. The zero-order chi connectivity index (χ0) is 20.5. The van der Waals surface area contributed by atoms with Crippen LogP contribution < -0.4 is 9.47 Å². The van der Waals surface area contributed by atoms with Crippen LogP contribution in [0.15, 0.2) is 42.6 Å². The van der Waals surface area contributed by atoms with Crippen LogP contribution in [0.2, 0.25) is 0 Å². The highest BCUT2D eigenvalue weighted by Gasteiger charge is 2.18. The van der Waals surface area contributed by atoms with Crippen LogP contribution in [0.3, 0.4) is 0 Å². The number of methoxy groups -OCH3 is 1. The van der Waals surface area contributed by atoms with Gasteiger partial charge in [-0.25, -0.2) is 13.8 Å². The first kappa shape index (κ1) is 21.6. The molecular formula is C20H25F2N3O3. The van der Waals surface area contributed by atoms with Gasteiger partial charge in [-0.15, -0.1) is 0 Å². The number of likely N-dealkylation sites (N-methyl/N-ethyl adjacent to an activating group) is 1. The lowest BCUT2D eigenvalue weighted by molar-refractivity contribution is 0.0727. The Morgan fingerprint density at radius 3 is 2.64 bits per heavy atom. The van der Waals surface area contributed by atoms with Crippen molar-refractivity contribution in [1.82, 2.24) is 14.8 Å². The molecule has 1 heterocycles. The smallest absolute Gasteiger partial charge is 0.272 e. The summed E-state index contributed by atoms with van der Waals surface area (Å²) in [7, 11) is 5.44. The molecule has 0 saturated carbocycles. The number of hydrogen-bond acceptors (Lipinski definition) is 5. The molecule has 0 atom stereocenters. The van der Waals surface area contributed by atoms with Crippen molar-refractivity contribution in [2.45, 2.75) is 13.0 Å². The van der Waals surface area contributed by atoms with E-state index in [4.69, 9.17) is 9.47 Å². The zero-order valence-corrected chi connectivity index (χ0v) is 16.3. The summed E-state index contributed by atoms with van der Waals surface area (Å²) in [5.74, 6) is 0.484. The molecule has 0 spiro atoms. The summed E-state index contributed by atoms with van der Waals surface area (Å²) in [4.78, 5) is 20.6. The second-order valence-electron chi connectivity index (χ2n) is 6.47. The number of amides is 1. The van der Waals surface area contributed by atoms with E-state index in [1.807, 2.05) is 43.3 Å². The number of pyridine rings is 1. The van der Waals surface area contributed by atoms with Crippen LogP contribution in [-0.2, 0) is 6.54 Å². The Morgan fingerprint density at radius 1 is 1.18 bits per heavy atom. The molecule has 0 N–H and O–H groups in total. The fourth-order valence-corrected chi connectivity index (χ4v) is 2.52. The molecule has 0 fully saturated rings. The standard InChI is InChI=1S/C20H25F2N3O3/c1-24(2)9-10-25(13-15-5-4-6-17(11-15)27-3)20(26)16-7-8-23-19(12-16)28-14-18(21)22/h4-8,11-12,18H,9-10,13-14H2,1-3H3. The fourth-order valence-electron chi connectivity index (χ4n) is 2.52. The first-order valence-electron chi connectivity index (χ1n) is 8.83. The Hall–Kier alpha value is -2.74. The van der Waals surface area contributed by atoms with Gasteiger partial charge in [0.15, 0.2) is 6.61 Å². The number of aromatic nitrogens is 1. The van der Waals surface area contributed by atoms with Crippen molar-refractivity contribution in [2.24, 2.45) is 0 Å². The molecule has 0 aliphatic carbocycles. The van der Waals surface area contributed by atoms with E-state index in [2.05, 4.69) is 4.98 Å². The number of carbonyl (C=O) groups is 1. The quantitative estimate of drug-likeness (QED) is 0.621. The van der Waals surface area contributed by atoms with E-state index < -0.39 is 13.0 Å². The minimum atomic E-state index is -2.61. The lowest BCUT2D eigenvalue weighted by atomic mass is 10.1. The predicted molar refractivity (Wildman–Crippen MR) is 102 cm³/mol. The molecule has 28 heavy (non-hydrogen) atoms. The molecule has 0 saturated heterocycles. The summed E-state index contributed by atoms with van der Waals surface area (Å²) in [6, 6.07) is 10.4. The Morgan fingerprint density at radius 2 is 1.96 bits per heavy atom. The van der Waals surface area contributed by atoms with Crippen LogP contribution in [0.4, 0.5) is 8.78 Å². The van der Waals surface area contributed by atoms with Crippen LogP contribution >= 0.6 is 0 Å². The maximum Gasteiger partial charge on any atom is 0.272 e. The number of hydrogen-bond donors (Lipinski definition) is 0. The summed E-state index contributed by atoms with van der Waals surface area (Å²) < 4.78 is 34.9. The minimum Gasteiger partial charge on any atom is -0.497 e. The largest absolute Gasteiger partial charge is 0.497 e. The summed E-state index contributed by atoms with van der Waals surface area (Å²) in [5, 5.41) is 0. The van der Waals surface area contributed by atoms with Gasteiger partial charge in [0, 0.05) is 37.5 Å². The van der Waals surface area contributed by atoms with Gasteiger partial charge in [0.05, 0.1) is 7.11 Å². The second-order valence-corrected chi connectivity index (χ2v) is 6.47. The summed E-state index contributed by atoms with van der Waals surface area (Å²) >= 11 is 0. The van der Waals surface area contributed by atoms with Gasteiger partial charge in [0.1, 0.15) is 5.75 Å². The van der Waals surface area contributed by atoms with Crippen molar-refractivity contribution in [3.05, 3.63) is 53.7 Å². The average molecular weight is 393 g/mol.